The van der Waals surface area contributed by atoms with Crippen LogP contribution in [0, 0.1) is 6.92 Å². The molecule has 0 aliphatic rings. The van der Waals surface area contributed by atoms with Crippen molar-refractivity contribution in [1.82, 2.24) is 14.5 Å². The molecule has 2 heterocycles. The summed E-state index contributed by atoms with van der Waals surface area (Å²) in [4.78, 5) is 18.9. The van der Waals surface area contributed by atoms with Crippen LogP contribution >= 0.6 is 0 Å². The molecular formula is C11H11N3O2. The average molecular weight is 217 g/mol. The zero-order chi connectivity index (χ0) is 11.5. The smallest absolute Gasteiger partial charge is 0.354 e. The van der Waals surface area contributed by atoms with Crippen molar-refractivity contribution in [2.45, 2.75) is 13.5 Å². The summed E-state index contributed by atoms with van der Waals surface area (Å²) in [6.45, 7) is 2.25. The van der Waals surface area contributed by atoms with Crippen molar-refractivity contribution in [1.29, 1.82) is 0 Å². The number of imidazole rings is 1. The maximum absolute atomic E-state index is 10.9. The second-order valence-electron chi connectivity index (χ2n) is 3.44. The number of carbonyl (C=O) groups is 1. The van der Waals surface area contributed by atoms with Crippen molar-refractivity contribution in [3.63, 3.8) is 0 Å². The lowest BCUT2D eigenvalue weighted by Gasteiger charge is -2.07. The number of hydrogen-bond acceptors (Lipinski definition) is 3. The Labute approximate surface area is 92.4 Å². The predicted octanol–water partition coefficient (Wildman–Crippen LogP) is 1.33. The molecule has 0 fully saturated rings. The molecule has 0 saturated heterocycles. The summed E-state index contributed by atoms with van der Waals surface area (Å²) in [5, 5.41) is 8.98. The van der Waals surface area contributed by atoms with Crippen LogP contribution in [0.2, 0.25) is 0 Å². The number of rotatable bonds is 3. The van der Waals surface area contributed by atoms with Crippen molar-refractivity contribution in [3.05, 3.63) is 47.8 Å². The number of carboxylic acid groups (broad SMARTS) is 1. The van der Waals surface area contributed by atoms with Crippen LogP contribution in [0.25, 0.3) is 0 Å². The summed E-state index contributed by atoms with van der Waals surface area (Å²) in [6, 6.07) is 3.72. The predicted molar refractivity (Wildman–Crippen MR) is 57.3 cm³/mol. The quantitative estimate of drug-likeness (QED) is 0.842. The number of pyridine rings is 1. The van der Waals surface area contributed by atoms with Crippen LogP contribution in [-0.4, -0.2) is 25.6 Å². The minimum absolute atomic E-state index is 0.196. The molecule has 0 unspecified atom stereocenters. The third kappa shape index (κ3) is 1.93. The molecule has 82 valence electrons. The third-order valence-electron chi connectivity index (χ3n) is 2.34. The maximum Gasteiger partial charge on any atom is 0.354 e. The molecule has 1 N–H and O–H groups in total. The first kappa shape index (κ1) is 10.4. The monoisotopic (exact) mass is 217 g/mol. The molecule has 2 aromatic heterocycles. The van der Waals surface area contributed by atoms with E-state index in [0.717, 1.165) is 5.56 Å². The zero-order valence-electron chi connectivity index (χ0n) is 8.79. The van der Waals surface area contributed by atoms with E-state index in [9.17, 15) is 4.79 Å². The Morgan fingerprint density at radius 3 is 2.94 bits per heavy atom. The van der Waals surface area contributed by atoms with Crippen molar-refractivity contribution in [2.24, 2.45) is 0 Å². The van der Waals surface area contributed by atoms with E-state index in [2.05, 4.69) is 9.97 Å². The molecular weight excluding hydrogens is 206 g/mol. The molecule has 2 aromatic rings. The Balaban J connectivity index is 2.34. The third-order valence-corrected chi connectivity index (χ3v) is 2.34. The Morgan fingerprint density at radius 1 is 1.50 bits per heavy atom. The van der Waals surface area contributed by atoms with Gasteiger partial charge in [0.1, 0.15) is 11.5 Å². The van der Waals surface area contributed by atoms with E-state index < -0.39 is 5.97 Å². The Hall–Kier alpha value is -2.17. The van der Waals surface area contributed by atoms with E-state index in [1.807, 2.05) is 12.1 Å². The van der Waals surface area contributed by atoms with Gasteiger partial charge >= 0.3 is 5.97 Å². The summed E-state index contributed by atoms with van der Waals surface area (Å²) in [5.74, 6) is -0.286. The summed E-state index contributed by atoms with van der Waals surface area (Å²) >= 11 is 0. The number of aryl methyl sites for hydroxylation is 1. The largest absolute Gasteiger partial charge is 0.477 e. The molecule has 0 radical (unpaired) electrons. The molecule has 16 heavy (non-hydrogen) atoms. The van der Waals surface area contributed by atoms with Gasteiger partial charge in [0.05, 0.1) is 12.7 Å². The standard InChI is InChI=1S/C11H11N3O2/c1-8-13-6-10(11(15)16)14(8)7-9-3-2-4-12-5-9/h2-6H,7H2,1H3,(H,15,16). The molecule has 5 nitrogen and oxygen atoms in total. The van der Waals surface area contributed by atoms with Crippen molar-refractivity contribution < 1.29 is 9.90 Å². The molecule has 0 atom stereocenters. The fourth-order valence-electron chi connectivity index (χ4n) is 1.51. The van der Waals surface area contributed by atoms with E-state index in [0.29, 0.717) is 12.4 Å². The van der Waals surface area contributed by atoms with Gasteiger partial charge in [0.15, 0.2) is 0 Å². The Bertz CT molecular complexity index is 505. The second kappa shape index (κ2) is 4.14. The fourth-order valence-corrected chi connectivity index (χ4v) is 1.51. The van der Waals surface area contributed by atoms with E-state index in [4.69, 9.17) is 5.11 Å². The van der Waals surface area contributed by atoms with Crippen molar-refractivity contribution in [2.75, 3.05) is 0 Å². The number of nitrogens with zero attached hydrogens (tertiary/aromatic N) is 3. The second-order valence-corrected chi connectivity index (χ2v) is 3.44. The first-order chi connectivity index (χ1) is 7.68. The van der Waals surface area contributed by atoms with Crippen molar-refractivity contribution >= 4 is 5.97 Å². The van der Waals surface area contributed by atoms with E-state index in [1.165, 1.54) is 6.20 Å². The van der Waals surface area contributed by atoms with Gasteiger partial charge in [-0.2, -0.15) is 0 Å². The van der Waals surface area contributed by atoms with Crippen LogP contribution in [0.1, 0.15) is 21.9 Å². The molecule has 5 heteroatoms. The molecule has 0 aliphatic carbocycles. The van der Waals surface area contributed by atoms with E-state index in [-0.39, 0.29) is 5.69 Å². The lowest BCUT2D eigenvalue weighted by Crippen LogP contribution is -2.10. The van der Waals surface area contributed by atoms with Gasteiger partial charge in [-0.05, 0) is 18.6 Å². The van der Waals surface area contributed by atoms with E-state index >= 15 is 0 Å². The van der Waals surface area contributed by atoms with Gasteiger partial charge in [-0.25, -0.2) is 9.78 Å². The number of aromatic nitrogens is 3. The maximum atomic E-state index is 10.9. The topological polar surface area (TPSA) is 68.0 Å². The van der Waals surface area contributed by atoms with E-state index in [1.54, 1.807) is 23.9 Å². The lowest BCUT2D eigenvalue weighted by atomic mass is 10.3. The molecule has 0 spiro atoms. The minimum atomic E-state index is -0.968. The molecule has 2 rings (SSSR count). The summed E-state index contributed by atoms with van der Waals surface area (Å²) in [5.41, 5.74) is 1.15. The fraction of sp³-hybridized carbons (Fsp3) is 0.182. The first-order valence-electron chi connectivity index (χ1n) is 4.83. The highest BCUT2D eigenvalue weighted by molar-refractivity contribution is 5.85. The van der Waals surface area contributed by atoms with Crippen LogP contribution < -0.4 is 0 Å². The van der Waals surface area contributed by atoms with Gasteiger partial charge in [-0.3, -0.25) is 4.98 Å². The van der Waals surface area contributed by atoms with Crippen LogP contribution in [0.4, 0.5) is 0 Å². The lowest BCUT2D eigenvalue weighted by molar-refractivity contribution is 0.0685. The summed E-state index contributed by atoms with van der Waals surface area (Å²) < 4.78 is 1.65. The number of aromatic carboxylic acids is 1. The first-order valence-corrected chi connectivity index (χ1v) is 4.83. The highest BCUT2D eigenvalue weighted by Crippen LogP contribution is 2.08. The molecule has 0 aromatic carbocycles. The van der Waals surface area contributed by atoms with Crippen LogP contribution in [-0.2, 0) is 6.54 Å². The van der Waals surface area contributed by atoms with Crippen LogP contribution in [0.3, 0.4) is 0 Å². The Kier molecular flexibility index (Phi) is 2.68. The minimum Gasteiger partial charge on any atom is -0.477 e. The van der Waals surface area contributed by atoms with Gasteiger partial charge < -0.3 is 9.67 Å². The van der Waals surface area contributed by atoms with Gasteiger partial charge in [0.2, 0.25) is 0 Å². The molecule has 0 saturated carbocycles. The van der Waals surface area contributed by atoms with Gasteiger partial charge in [-0.1, -0.05) is 6.07 Å². The average Bonchev–Trinajstić information content (AvgIpc) is 2.62. The van der Waals surface area contributed by atoms with Gasteiger partial charge in [-0.15, -0.1) is 0 Å². The van der Waals surface area contributed by atoms with Crippen LogP contribution in [0.15, 0.2) is 30.7 Å². The summed E-state index contributed by atoms with van der Waals surface area (Å²) in [6.07, 6.45) is 4.77. The zero-order valence-corrected chi connectivity index (χ0v) is 8.79. The van der Waals surface area contributed by atoms with Gasteiger partial charge in [0, 0.05) is 12.4 Å². The number of carboxylic acids is 1. The highest BCUT2D eigenvalue weighted by Gasteiger charge is 2.13. The molecule has 0 bridgehead atoms. The Morgan fingerprint density at radius 2 is 2.31 bits per heavy atom. The van der Waals surface area contributed by atoms with Crippen LogP contribution in [0.5, 0.6) is 0 Å². The number of hydrogen-bond donors (Lipinski definition) is 1. The molecule has 0 aliphatic heterocycles. The van der Waals surface area contributed by atoms with Crippen molar-refractivity contribution in [3.8, 4) is 0 Å². The highest BCUT2D eigenvalue weighted by atomic mass is 16.4. The SMILES string of the molecule is Cc1ncc(C(=O)O)n1Cc1cccnc1. The molecule has 0 amide bonds. The normalized spacial score (nSPS) is 10.3. The summed E-state index contributed by atoms with van der Waals surface area (Å²) in [7, 11) is 0. The van der Waals surface area contributed by atoms with Gasteiger partial charge in [0.25, 0.3) is 0 Å².